The molecule has 0 amide bonds. The fourth-order valence-corrected chi connectivity index (χ4v) is 2.04. The second-order valence-electron chi connectivity index (χ2n) is 3.65. The summed E-state index contributed by atoms with van der Waals surface area (Å²) < 4.78 is 27.1. The van der Waals surface area contributed by atoms with Gasteiger partial charge in [0.2, 0.25) is 0 Å². The van der Waals surface area contributed by atoms with Gasteiger partial charge >= 0.3 is 5.97 Å². The highest BCUT2D eigenvalue weighted by Crippen LogP contribution is 2.00. The van der Waals surface area contributed by atoms with Gasteiger partial charge in [-0.1, -0.05) is 30.3 Å². The second-order valence-corrected chi connectivity index (χ2v) is 5.71. The molecule has 1 aromatic rings. The number of hydrogen-bond acceptors (Lipinski definition) is 5. The first kappa shape index (κ1) is 14.2. The number of nitrogens with zero attached hydrogens (tertiary/aromatic N) is 1. The van der Waals surface area contributed by atoms with Gasteiger partial charge in [0.05, 0.1) is 12.7 Å². The van der Waals surface area contributed by atoms with E-state index in [9.17, 15) is 13.2 Å². The molecule has 0 saturated heterocycles. The molecule has 0 spiro atoms. The van der Waals surface area contributed by atoms with Crippen LogP contribution < -0.4 is 0 Å². The summed E-state index contributed by atoms with van der Waals surface area (Å²) in [6.45, 7) is 0.130. The molecule has 1 rings (SSSR count). The van der Waals surface area contributed by atoms with Gasteiger partial charge in [-0.3, -0.25) is 4.79 Å². The van der Waals surface area contributed by atoms with Crippen LogP contribution in [0.2, 0.25) is 0 Å². The first-order valence-corrected chi connectivity index (χ1v) is 7.12. The number of carbonyl (C=O) groups is 1. The Kier molecular flexibility index (Phi) is 5.33. The summed E-state index contributed by atoms with van der Waals surface area (Å²) >= 11 is 0. The van der Waals surface area contributed by atoms with Gasteiger partial charge < -0.3 is 4.74 Å². The molecule has 0 radical (unpaired) electrons. The number of nitriles is 1. The Balaban J connectivity index is 2.33. The van der Waals surface area contributed by atoms with Crippen LogP contribution in [0.25, 0.3) is 0 Å². The molecule has 5 nitrogen and oxygen atoms in total. The molecule has 0 saturated carbocycles. The van der Waals surface area contributed by atoms with E-state index in [2.05, 4.69) is 0 Å². The Labute approximate surface area is 106 Å². The molecule has 0 aliphatic carbocycles. The van der Waals surface area contributed by atoms with Crippen LogP contribution in [0, 0.1) is 11.3 Å². The highest BCUT2D eigenvalue weighted by Gasteiger charge is 2.17. The van der Waals surface area contributed by atoms with Gasteiger partial charge in [0, 0.05) is 6.42 Å². The summed E-state index contributed by atoms with van der Waals surface area (Å²) in [7, 11) is -3.66. The van der Waals surface area contributed by atoms with Crippen molar-refractivity contribution in [1.29, 1.82) is 5.26 Å². The molecule has 0 aliphatic heterocycles. The molecule has 18 heavy (non-hydrogen) atoms. The van der Waals surface area contributed by atoms with E-state index in [1.165, 1.54) is 6.07 Å². The lowest BCUT2D eigenvalue weighted by Crippen LogP contribution is -2.21. The number of esters is 1. The minimum atomic E-state index is -3.66. The van der Waals surface area contributed by atoms with E-state index in [4.69, 9.17) is 10.00 Å². The zero-order valence-corrected chi connectivity index (χ0v) is 10.5. The van der Waals surface area contributed by atoms with Gasteiger partial charge in [0.15, 0.2) is 9.84 Å². The van der Waals surface area contributed by atoms with Gasteiger partial charge in [-0.25, -0.2) is 8.42 Å². The first-order chi connectivity index (χ1) is 8.53. The molecule has 0 atom stereocenters. The lowest BCUT2D eigenvalue weighted by molar-refractivity contribution is -0.140. The maximum atomic E-state index is 11.2. The van der Waals surface area contributed by atoms with Crippen molar-refractivity contribution < 1.29 is 17.9 Å². The van der Waals surface area contributed by atoms with Crippen molar-refractivity contribution in [2.24, 2.45) is 0 Å². The predicted octanol–water partition coefficient (Wildman–Crippen LogP) is 0.711. The third-order valence-electron chi connectivity index (χ3n) is 2.12. The molecule has 1 aromatic carbocycles. The van der Waals surface area contributed by atoms with Crippen LogP contribution in [0.5, 0.6) is 0 Å². The van der Waals surface area contributed by atoms with Gasteiger partial charge in [-0.2, -0.15) is 5.26 Å². The van der Waals surface area contributed by atoms with Crippen molar-refractivity contribution in [2.75, 3.05) is 18.1 Å². The smallest absolute Gasteiger partial charge is 0.321 e. The summed E-state index contributed by atoms with van der Waals surface area (Å²) in [5, 5.41) is 8.26. The monoisotopic (exact) mass is 267 g/mol. The third kappa shape index (κ3) is 5.46. The van der Waals surface area contributed by atoms with Crippen molar-refractivity contribution in [3.05, 3.63) is 35.9 Å². The summed E-state index contributed by atoms with van der Waals surface area (Å²) in [5.41, 5.74) is 1.00. The zero-order chi connectivity index (χ0) is 13.4. The van der Waals surface area contributed by atoms with Gasteiger partial charge in [0.1, 0.15) is 11.5 Å². The lowest BCUT2D eigenvalue weighted by atomic mass is 10.2. The number of ether oxygens (including phenoxy) is 1. The van der Waals surface area contributed by atoms with Crippen LogP contribution in [0.4, 0.5) is 0 Å². The third-order valence-corrected chi connectivity index (χ3v) is 3.36. The molecule has 96 valence electrons. The molecule has 0 aromatic heterocycles. The average molecular weight is 267 g/mol. The minimum Gasteiger partial charge on any atom is -0.465 e. The molecule has 0 heterocycles. The average Bonchev–Trinajstić information content (AvgIpc) is 2.29. The van der Waals surface area contributed by atoms with Crippen molar-refractivity contribution in [3.8, 4) is 6.07 Å². The molecule has 0 fully saturated rings. The fraction of sp³-hybridized carbons (Fsp3) is 0.333. The lowest BCUT2D eigenvalue weighted by Gasteiger charge is -2.04. The SMILES string of the molecule is N#CCS(=O)(=O)CC(=O)OCCc1ccccc1. The molecular formula is C12H13NO4S. The molecule has 0 aliphatic rings. The van der Waals surface area contributed by atoms with Gasteiger partial charge in [-0.15, -0.1) is 0 Å². The number of benzene rings is 1. The predicted molar refractivity (Wildman–Crippen MR) is 65.4 cm³/mol. The maximum absolute atomic E-state index is 11.2. The van der Waals surface area contributed by atoms with E-state index in [0.29, 0.717) is 6.42 Å². The molecular weight excluding hydrogens is 254 g/mol. The van der Waals surface area contributed by atoms with E-state index in [0.717, 1.165) is 5.56 Å². The number of sulfone groups is 1. The van der Waals surface area contributed by atoms with Gasteiger partial charge in [0.25, 0.3) is 0 Å². The van der Waals surface area contributed by atoms with Crippen molar-refractivity contribution in [1.82, 2.24) is 0 Å². The zero-order valence-electron chi connectivity index (χ0n) is 9.70. The minimum absolute atomic E-state index is 0.130. The summed E-state index contributed by atoms with van der Waals surface area (Å²) in [6, 6.07) is 10.9. The highest BCUT2D eigenvalue weighted by molar-refractivity contribution is 7.92. The van der Waals surface area contributed by atoms with Crippen LogP contribution in [0.1, 0.15) is 5.56 Å². The van der Waals surface area contributed by atoms with E-state index >= 15 is 0 Å². The van der Waals surface area contributed by atoms with E-state index < -0.39 is 27.3 Å². The Morgan fingerprint density at radius 3 is 2.56 bits per heavy atom. The highest BCUT2D eigenvalue weighted by atomic mass is 32.2. The van der Waals surface area contributed by atoms with Crippen molar-refractivity contribution in [2.45, 2.75) is 6.42 Å². The van der Waals surface area contributed by atoms with Crippen molar-refractivity contribution >= 4 is 15.8 Å². The van der Waals surface area contributed by atoms with E-state index in [-0.39, 0.29) is 6.61 Å². The second kappa shape index (κ2) is 6.77. The van der Waals surface area contributed by atoms with Gasteiger partial charge in [-0.05, 0) is 5.56 Å². The largest absolute Gasteiger partial charge is 0.465 e. The Hall–Kier alpha value is -1.87. The summed E-state index contributed by atoms with van der Waals surface area (Å²) in [4.78, 5) is 11.2. The van der Waals surface area contributed by atoms with Crippen molar-refractivity contribution in [3.63, 3.8) is 0 Å². The molecule has 0 N–H and O–H groups in total. The van der Waals surface area contributed by atoms with E-state index in [1.807, 2.05) is 30.3 Å². The number of carbonyl (C=O) groups excluding carboxylic acids is 1. The molecule has 0 unspecified atom stereocenters. The van der Waals surface area contributed by atoms with Crippen LogP contribution in [0.3, 0.4) is 0 Å². The quantitative estimate of drug-likeness (QED) is 0.709. The molecule has 6 heteroatoms. The topological polar surface area (TPSA) is 84.2 Å². The normalized spacial score (nSPS) is 10.6. The number of hydrogen-bond donors (Lipinski definition) is 0. The van der Waals surface area contributed by atoms with E-state index in [1.54, 1.807) is 0 Å². The van der Waals surface area contributed by atoms with Crippen LogP contribution in [-0.4, -0.2) is 32.5 Å². The first-order valence-electron chi connectivity index (χ1n) is 5.30. The Morgan fingerprint density at radius 1 is 1.28 bits per heavy atom. The molecule has 0 bridgehead atoms. The Morgan fingerprint density at radius 2 is 1.94 bits per heavy atom. The standard InChI is InChI=1S/C12H13NO4S/c13-7-9-18(15,16)10-12(14)17-8-6-11-4-2-1-3-5-11/h1-5H,6,8-10H2. The maximum Gasteiger partial charge on any atom is 0.321 e. The van der Waals surface area contributed by atoms with Crippen LogP contribution >= 0.6 is 0 Å². The Bertz CT molecular complexity index is 531. The summed E-state index contributed by atoms with van der Waals surface area (Å²) in [6.07, 6.45) is 0.533. The van der Waals surface area contributed by atoms with Crippen LogP contribution in [0.15, 0.2) is 30.3 Å². The summed E-state index contributed by atoms with van der Waals surface area (Å²) in [5.74, 6) is -2.22. The van der Waals surface area contributed by atoms with Crippen LogP contribution in [-0.2, 0) is 25.8 Å². The fourth-order valence-electron chi connectivity index (χ4n) is 1.30. The number of rotatable bonds is 6.